The van der Waals surface area contributed by atoms with Gasteiger partial charge in [-0.1, -0.05) is 54.6 Å². The number of hydrogen-bond donors (Lipinski definition) is 0. The van der Waals surface area contributed by atoms with Crippen LogP contribution in [0.25, 0.3) is 37.6 Å². The first kappa shape index (κ1) is 28.8. The third-order valence-electron chi connectivity index (χ3n) is 8.53. The fraction of sp³-hybridized carbons (Fsp3) is 0.333. The second-order valence-corrected chi connectivity index (χ2v) is 11.5. The summed E-state index contributed by atoms with van der Waals surface area (Å²) >= 11 is 6.60. The van der Waals surface area contributed by atoms with E-state index in [0.29, 0.717) is 53.6 Å². The molecule has 2 fully saturated rings. The molecular weight excluding hydrogens is 567 g/mol. The van der Waals surface area contributed by atoms with Gasteiger partial charge < -0.3 is 24.3 Å². The quantitative estimate of drug-likeness (QED) is 0.197. The van der Waals surface area contributed by atoms with Gasteiger partial charge in [0.2, 0.25) is 12.5 Å². The molecule has 1 aromatic heterocycles. The van der Waals surface area contributed by atoms with Gasteiger partial charge in [0, 0.05) is 47.0 Å². The number of aromatic nitrogens is 2. The van der Waals surface area contributed by atoms with Crippen molar-refractivity contribution in [3.8, 4) is 17.1 Å². The molecule has 3 heterocycles. The molecule has 0 unspecified atom stereocenters. The zero-order valence-corrected chi connectivity index (χ0v) is 24.7. The van der Waals surface area contributed by atoms with Crippen molar-refractivity contribution in [2.45, 2.75) is 24.9 Å². The van der Waals surface area contributed by atoms with Crippen LogP contribution >= 0.6 is 11.6 Å². The summed E-state index contributed by atoms with van der Waals surface area (Å²) in [5.41, 5.74) is 1.20. The Morgan fingerprint density at radius 1 is 1.14 bits per heavy atom. The van der Waals surface area contributed by atoms with E-state index in [1.165, 1.54) is 6.08 Å². The van der Waals surface area contributed by atoms with Crippen LogP contribution in [0, 0.1) is 12.4 Å². The number of likely N-dealkylation sites (tertiary alicyclic amines) is 1. The monoisotopic (exact) mass is 598 g/mol. The standard InChI is InChI=1S/C33H32ClFN6O2/c1-4-28(42)41-17-16-40(19-23(41)18-36-2)32-26-14-13-25(24-11-5-8-21-9-6-12-27(34)29(21)24)30(35)31(26)37-33(38-32)43-20-22-10-7-15-39(22)3/h4-6,8-9,11-14,22-23H,1,7,10,15-20H2,3H3/t22-,23-/m0/s1. The third kappa shape index (κ3) is 5.49. The lowest BCUT2D eigenvalue weighted by Gasteiger charge is -2.39. The normalized spacial score (nSPS) is 19.1. The van der Waals surface area contributed by atoms with E-state index in [9.17, 15) is 4.79 Å². The number of nitrogens with zero attached hydrogens (tertiary/aromatic N) is 6. The van der Waals surface area contributed by atoms with Crippen molar-refractivity contribution in [2.75, 3.05) is 51.3 Å². The van der Waals surface area contributed by atoms with Crippen molar-refractivity contribution in [1.82, 2.24) is 19.8 Å². The average Bonchev–Trinajstić information content (AvgIpc) is 3.44. The van der Waals surface area contributed by atoms with Crippen LogP contribution in [-0.4, -0.2) is 84.1 Å². The molecule has 2 saturated heterocycles. The summed E-state index contributed by atoms with van der Waals surface area (Å²) in [6, 6.07) is 14.9. The molecule has 0 N–H and O–H groups in total. The molecule has 4 aromatic rings. The number of piperazine rings is 1. The summed E-state index contributed by atoms with van der Waals surface area (Å²) in [4.78, 5) is 31.4. The fourth-order valence-electron chi connectivity index (χ4n) is 6.24. The van der Waals surface area contributed by atoms with Gasteiger partial charge in [-0.05, 0) is 55.6 Å². The third-order valence-corrected chi connectivity index (χ3v) is 8.84. The molecule has 0 aliphatic carbocycles. The number of amides is 1. The number of likely N-dealkylation sites (N-methyl/N-ethyl adjacent to an activating group) is 1. The minimum Gasteiger partial charge on any atom is -0.462 e. The minimum absolute atomic E-state index is 0.0983. The Morgan fingerprint density at radius 3 is 2.70 bits per heavy atom. The van der Waals surface area contributed by atoms with Gasteiger partial charge in [0.05, 0.1) is 0 Å². The van der Waals surface area contributed by atoms with Gasteiger partial charge >= 0.3 is 6.01 Å². The zero-order valence-electron chi connectivity index (χ0n) is 24.0. The summed E-state index contributed by atoms with van der Waals surface area (Å²) in [7, 11) is 2.07. The number of fused-ring (bicyclic) bond motifs is 2. The highest BCUT2D eigenvalue weighted by molar-refractivity contribution is 6.36. The lowest BCUT2D eigenvalue weighted by molar-refractivity contribution is -0.128. The molecule has 2 aliphatic heterocycles. The number of halogens is 2. The van der Waals surface area contributed by atoms with Crippen LogP contribution in [0.4, 0.5) is 10.2 Å². The highest BCUT2D eigenvalue weighted by Crippen LogP contribution is 2.39. The van der Waals surface area contributed by atoms with E-state index in [1.54, 1.807) is 17.0 Å². The zero-order chi connectivity index (χ0) is 30.1. The highest BCUT2D eigenvalue weighted by atomic mass is 35.5. The number of hydrogen-bond acceptors (Lipinski definition) is 6. The van der Waals surface area contributed by atoms with Crippen LogP contribution in [0.15, 0.2) is 61.2 Å². The summed E-state index contributed by atoms with van der Waals surface area (Å²) in [5.74, 6) is -0.188. The van der Waals surface area contributed by atoms with Gasteiger partial charge in [0.15, 0.2) is 5.82 Å². The van der Waals surface area contributed by atoms with Gasteiger partial charge in [0.1, 0.15) is 24.0 Å². The van der Waals surface area contributed by atoms with Gasteiger partial charge in [0.25, 0.3) is 0 Å². The predicted octanol–water partition coefficient (Wildman–Crippen LogP) is 5.84. The molecule has 2 aliphatic rings. The van der Waals surface area contributed by atoms with Crippen LogP contribution in [0.1, 0.15) is 12.8 Å². The second kappa shape index (κ2) is 12.2. The Morgan fingerprint density at radius 2 is 1.95 bits per heavy atom. The maximum atomic E-state index is 16.6. The van der Waals surface area contributed by atoms with Crippen molar-refractivity contribution in [2.24, 2.45) is 0 Å². The van der Waals surface area contributed by atoms with Crippen LogP contribution in [-0.2, 0) is 4.79 Å². The van der Waals surface area contributed by atoms with Crippen LogP contribution in [0.3, 0.4) is 0 Å². The van der Waals surface area contributed by atoms with Gasteiger partial charge in [-0.15, -0.1) is 0 Å². The molecule has 2 atom stereocenters. The lowest BCUT2D eigenvalue weighted by Crippen LogP contribution is -2.56. The number of ether oxygens (including phenoxy) is 1. The number of anilines is 1. The average molecular weight is 599 g/mol. The van der Waals surface area contributed by atoms with E-state index in [0.717, 1.165) is 30.2 Å². The van der Waals surface area contributed by atoms with Crippen molar-refractivity contribution in [3.63, 3.8) is 0 Å². The smallest absolute Gasteiger partial charge is 0.319 e. The first-order chi connectivity index (χ1) is 20.9. The summed E-state index contributed by atoms with van der Waals surface area (Å²) < 4.78 is 22.8. The first-order valence-corrected chi connectivity index (χ1v) is 14.8. The first-order valence-electron chi connectivity index (χ1n) is 14.4. The molecule has 0 radical (unpaired) electrons. The number of carbonyl (C=O) groups excluding carboxylic acids is 1. The molecule has 1 amide bonds. The van der Waals surface area contributed by atoms with E-state index in [4.69, 9.17) is 27.9 Å². The Hall–Kier alpha value is -4.26. The molecule has 220 valence electrons. The maximum absolute atomic E-state index is 16.6. The topological polar surface area (TPSA) is 66.2 Å². The Kier molecular flexibility index (Phi) is 8.15. The Labute approximate surface area is 255 Å². The Bertz CT molecular complexity index is 1750. The number of benzene rings is 3. The maximum Gasteiger partial charge on any atom is 0.319 e. The van der Waals surface area contributed by atoms with Gasteiger partial charge in [-0.25, -0.2) is 11.0 Å². The van der Waals surface area contributed by atoms with E-state index in [-0.39, 0.29) is 36.1 Å². The van der Waals surface area contributed by atoms with Crippen LogP contribution in [0.2, 0.25) is 5.02 Å². The number of carbonyl (C=O) groups is 1. The molecule has 6 rings (SSSR count). The molecule has 0 saturated carbocycles. The molecular formula is C33H32ClFN6O2. The van der Waals surface area contributed by atoms with Crippen molar-refractivity contribution in [3.05, 3.63) is 83.4 Å². The molecule has 0 bridgehead atoms. The minimum atomic E-state index is -0.491. The van der Waals surface area contributed by atoms with E-state index >= 15 is 4.39 Å². The van der Waals surface area contributed by atoms with Crippen molar-refractivity contribution >= 4 is 45.0 Å². The predicted molar refractivity (Wildman–Crippen MR) is 168 cm³/mol. The highest BCUT2D eigenvalue weighted by Gasteiger charge is 2.33. The molecule has 8 nitrogen and oxygen atoms in total. The largest absolute Gasteiger partial charge is 0.462 e. The van der Waals surface area contributed by atoms with Gasteiger partial charge in [-0.3, -0.25) is 4.79 Å². The van der Waals surface area contributed by atoms with E-state index in [2.05, 4.69) is 28.4 Å². The molecule has 10 heteroatoms. The summed E-state index contributed by atoms with van der Waals surface area (Å²) in [5, 5.41) is 2.75. The molecule has 3 aromatic carbocycles. The van der Waals surface area contributed by atoms with Crippen molar-refractivity contribution < 1.29 is 13.9 Å². The molecule has 0 spiro atoms. The van der Waals surface area contributed by atoms with Gasteiger partial charge in [-0.2, -0.15) is 9.97 Å². The SMILES string of the molecule is [C-]#[N+]C[C@H]1CN(c2nc(OC[C@@H]3CCCN3C)nc3c(F)c(-c4cccc5cccc(Cl)c45)ccc23)CCN1C(=O)C=C. The number of rotatable bonds is 7. The Balaban J connectivity index is 1.46. The summed E-state index contributed by atoms with van der Waals surface area (Å²) in [6.45, 7) is 13.8. The van der Waals surface area contributed by atoms with Crippen LogP contribution < -0.4 is 9.64 Å². The lowest BCUT2D eigenvalue weighted by atomic mass is 9.96. The summed E-state index contributed by atoms with van der Waals surface area (Å²) in [6.07, 6.45) is 3.38. The second-order valence-electron chi connectivity index (χ2n) is 11.1. The van der Waals surface area contributed by atoms with E-state index < -0.39 is 5.82 Å². The van der Waals surface area contributed by atoms with Crippen molar-refractivity contribution in [1.29, 1.82) is 0 Å². The van der Waals surface area contributed by atoms with E-state index in [1.807, 2.05) is 41.3 Å². The molecule has 43 heavy (non-hydrogen) atoms. The van der Waals surface area contributed by atoms with Crippen LogP contribution in [0.5, 0.6) is 6.01 Å². The fourth-order valence-corrected chi connectivity index (χ4v) is 6.52.